The van der Waals surface area contributed by atoms with E-state index in [1.807, 2.05) is 6.92 Å². The molecule has 0 heterocycles. The van der Waals surface area contributed by atoms with Crippen LogP contribution in [0, 0.1) is 0 Å². The molecular formula is C13H28N2O2. The van der Waals surface area contributed by atoms with Crippen molar-refractivity contribution in [2.45, 2.75) is 46.1 Å². The number of esters is 1. The van der Waals surface area contributed by atoms with Crippen LogP contribution in [0.1, 0.15) is 40.5 Å². The fraction of sp³-hybridized carbons (Fsp3) is 0.923. The molecule has 17 heavy (non-hydrogen) atoms. The molecule has 0 amide bonds. The molecule has 0 saturated heterocycles. The Kier molecular flexibility index (Phi) is 8.17. The van der Waals surface area contributed by atoms with E-state index in [2.05, 4.69) is 31.0 Å². The van der Waals surface area contributed by atoms with E-state index in [9.17, 15) is 4.79 Å². The molecule has 1 unspecified atom stereocenters. The number of rotatable bonds is 9. The second kappa shape index (κ2) is 8.48. The maximum Gasteiger partial charge on any atom is 0.327 e. The van der Waals surface area contributed by atoms with Crippen molar-refractivity contribution in [3.8, 4) is 0 Å². The number of ether oxygens (including phenoxy) is 1. The number of nitrogens with zero attached hydrogens (tertiary/aromatic N) is 1. The van der Waals surface area contributed by atoms with Gasteiger partial charge < -0.3 is 15.0 Å². The van der Waals surface area contributed by atoms with Gasteiger partial charge in [0.05, 0.1) is 7.11 Å². The van der Waals surface area contributed by atoms with Crippen molar-refractivity contribution in [2.75, 3.05) is 33.3 Å². The van der Waals surface area contributed by atoms with Gasteiger partial charge in [-0.15, -0.1) is 0 Å². The summed E-state index contributed by atoms with van der Waals surface area (Å²) in [4.78, 5) is 14.2. The van der Waals surface area contributed by atoms with Gasteiger partial charge in [0.1, 0.15) is 5.54 Å². The largest absolute Gasteiger partial charge is 0.468 e. The second-order valence-electron chi connectivity index (χ2n) is 4.62. The van der Waals surface area contributed by atoms with Crippen molar-refractivity contribution in [1.82, 2.24) is 10.2 Å². The number of likely N-dealkylation sites (N-methyl/N-ethyl adjacent to an activating group) is 1. The average Bonchev–Trinajstić information content (AvgIpc) is 2.34. The first-order valence-corrected chi connectivity index (χ1v) is 6.59. The maximum absolute atomic E-state index is 11.9. The minimum absolute atomic E-state index is 0.180. The topological polar surface area (TPSA) is 41.6 Å². The number of carbonyl (C=O) groups is 1. The zero-order chi connectivity index (χ0) is 13.3. The van der Waals surface area contributed by atoms with Crippen molar-refractivity contribution < 1.29 is 9.53 Å². The van der Waals surface area contributed by atoms with E-state index >= 15 is 0 Å². The van der Waals surface area contributed by atoms with Crippen LogP contribution in [0.2, 0.25) is 0 Å². The van der Waals surface area contributed by atoms with E-state index in [1.165, 1.54) is 7.11 Å². The highest BCUT2D eigenvalue weighted by Crippen LogP contribution is 2.10. The lowest BCUT2D eigenvalue weighted by atomic mass is 10.0. The molecule has 4 nitrogen and oxygen atoms in total. The highest BCUT2D eigenvalue weighted by Gasteiger charge is 2.35. The summed E-state index contributed by atoms with van der Waals surface area (Å²) in [5.74, 6) is -0.180. The zero-order valence-electron chi connectivity index (χ0n) is 12.0. The lowest BCUT2D eigenvalue weighted by molar-refractivity contribution is -0.148. The van der Waals surface area contributed by atoms with Gasteiger partial charge in [0.2, 0.25) is 0 Å². The van der Waals surface area contributed by atoms with Gasteiger partial charge >= 0.3 is 5.97 Å². The van der Waals surface area contributed by atoms with Crippen molar-refractivity contribution >= 4 is 5.97 Å². The summed E-state index contributed by atoms with van der Waals surface area (Å²) in [6.45, 7) is 11.8. The Balaban J connectivity index is 4.60. The molecule has 0 aliphatic carbocycles. The quantitative estimate of drug-likeness (QED) is 0.626. The summed E-state index contributed by atoms with van der Waals surface area (Å²) < 4.78 is 4.91. The predicted octanol–water partition coefficient (Wildman–Crippen LogP) is 1.65. The second-order valence-corrected chi connectivity index (χ2v) is 4.62. The van der Waals surface area contributed by atoms with Gasteiger partial charge in [0.25, 0.3) is 0 Å². The number of hydrogen-bond acceptors (Lipinski definition) is 4. The Labute approximate surface area is 106 Å². The molecule has 0 aromatic heterocycles. The minimum atomic E-state index is -0.601. The molecule has 0 aromatic carbocycles. The molecule has 0 radical (unpaired) electrons. The molecule has 0 rings (SSSR count). The Hall–Kier alpha value is -0.610. The molecular weight excluding hydrogens is 216 g/mol. The summed E-state index contributed by atoms with van der Waals surface area (Å²) in [6.07, 6.45) is 2.10. The lowest BCUT2D eigenvalue weighted by Gasteiger charge is -2.33. The average molecular weight is 244 g/mol. The van der Waals surface area contributed by atoms with Crippen LogP contribution < -0.4 is 5.32 Å². The van der Waals surface area contributed by atoms with Crippen LogP contribution in [0.25, 0.3) is 0 Å². The van der Waals surface area contributed by atoms with Gasteiger partial charge in [-0.25, -0.2) is 0 Å². The summed E-state index contributed by atoms with van der Waals surface area (Å²) >= 11 is 0. The van der Waals surface area contributed by atoms with Crippen LogP contribution in [0.3, 0.4) is 0 Å². The minimum Gasteiger partial charge on any atom is -0.468 e. The summed E-state index contributed by atoms with van der Waals surface area (Å²) in [6, 6.07) is 0. The molecule has 0 spiro atoms. The standard InChI is InChI=1S/C13H28N2O2/c1-6-9-14-13(4,12(16)17-5)11-15(8-3)10-7-2/h14H,6-11H2,1-5H3. The van der Waals surface area contributed by atoms with Crippen molar-refractivity contribution in [3.05, 3.63) is 0 Å². The van der Waals surface area contributed by atoms with Gasteiger partial charge in [-0.1, -0.05) is 20.8 Å². The predicted molar refractivity (Wildman–Crippen MR) is 71.1 cm³/mol. The molecule has 1 N–H and O–H groups in total. The third kappa shape index (κ3) is 5.50. The fourth-order valence-corrected chi connectivity index (χ4v) is 1.93. The smallest absolute Gasteiger partial charge is 0.327 e. The van der Waals surface area contributed by atoms with Crippen LogP contribution in [0.15, 0.2) is 0 Å². The van der Waals surface area contributed by atoms with Crippen molar-refractivity contribution in [2.24, 2.45) is 0 Å². The van der Waals surface area contributed by atoms with Gasteiger partial charge in [0, 0.05) is 6.54 Å². The number of methoxy groups -OCH3 is 1. The molecule has 0 aliphatic heterocycles. The van der Waals surface area contributed by atoms with E-state index in [-0.39, 0.29) is 5.97 Å². The summed E-state index contributed by atoms with van der Waals surface area (Å²) in [5, 5.41) is 3.30. The van der Waals surface area contributed by atoms with Crippen LogP contribution in [-0.4, -0.2) is 49.7 Å². The van der Waals surface area contributed by atoms with E-state index in [0.29, 0.717) is 6.54 Å². The first-order chi connectivity index (χ1) is 8.03. The monoisotopic (exact) mass is 244 g/mol. The van der Waals surface area contributed by atoms with Gasteiger partial charge in [-0.05, 0) is 39.4 Å². The molecule has 0 fully saturated rings. The first-order valence-electron chi connectivity index (χ1n) is 6.59. The lowest BCUT2D eigenvalue weighted by Crippen LogP contribution is -2.57. The molecule has 0 aromatic rings. The third-order valence-corrected chi connectivity index (χ3v) is 2.93. The Morgan fingerprint density at radius 1 is 1.29 bits per heavy atom. The van der Waals surface area contributed by atoms with Crippen LogP contribution in [-0.2, 0) is 9.53 Å². The first kappa shape index (κ1) is 16.4. The van der Waals surface area contributed by atoms with Crippen molar-refractivity contribution in [3.63, 3.8) is 0 Å². The van der Waals surface area contributed by atoms with Gasteiger partial charge in [-0.3, -0.25) is 4.79 Å². The number of hydrogen-bond donors (Lipinski definition) is 1. The molecule has 4 heteroatoms. The van der Waals surface area contributed by atoms with Gasteiger partial charge in [-0.2, -0.15) is 0 Å². The Morgan fingerprint density at radius 2 is 1.94 bits per heavy atom. The van der Waals surface area contributed by atoms with E-state index < -0.39 is 5.54 Å². The van der Waals surface area contributed by atoms with E-state index in [1.54, 1.807) is 0 Å². The molecule has 102 valence electrons. The maximum atomic E-state index is 11.9. The zero-order valence-corrected chi connectivity index (χ0v) is 12.0. The molecule has 0 saturated carbocycles. The van der Waals surface area contributed by atoms with E-state index in [4.69, 9.17) is 4.74 Å². The normalized spacial score (nSPS) is 14.7. The van der Waals surface area contributed by atoms with Crippen LogP contribution >= 0.6 is 0 Å². The van der Waals surface area contributed by atoms with E-state index in [0.717, 1.165) is 32.5 Å². The fourth-order valence-electron chi connectivity index (χ4n) is 1.93. The highest BCUT2D eigenvalue weighted by molar-refractivity contribution is 5.80. The Bertz CT molecular complexity index is 221. The SMILES string of the molecule is CCCNC(C)(CN(CC)CCC)C(=O)OC. The molecule has 1 atom stereocenters. The number of carbonyl (C=O) groups excluding carboxylic acids is 1. The summed E-state index contributed by atoms with van der Waals surface area (Å²) in [7, 11) is 1.45. The summed E-state index contributed by atoms with van der Waals surface area (Å²) in [5.41, 5.74) is -0.601. The molecule has 0 aliphatic rings. The van der Waals surface area contributed by atoms with Crippen LogP contribution in [0.5, 0.6) is 0 Å². The Morgan fingerprint density at radius 3 is 2.35 bits per heavy atom. The van der Waals surface area contributed by atoms with Gasteiger partial charge in [0.15, 0.2) is 0 Å². The van der Waals surface area contributed by atoms with Crippen LogP contribution in [0.4, 0.5) is 0 Å². The third-order valence-electron chi connectivity index (χ3n) is 2.93. The highest BCUT2D eigenvalue weighted by atomic mass is 16.5. The van der Waals surface area contributed by atoms with Crippen molar-refractivity contribution in [1.29, 1.82) is 0 Å². The number of nitrogens with one attached hydrogen (secondary N) is 1. The molecule has 0 bridgehead atoms.